The minimum Gasteiger partial charge on any atom is -0.346 e. The molecule has 13 heteroatoms. The fraction of sp³-hybridized carbons (Fsp3) is 0.821. The second-order valence-corrected chi connectivity index (χ2v) is 19.8. The molecule has 4 aliphatic carbocycles. The van der Waals surface area contributed by atoms with Crippen molar-refractivity contribution in [1.29, 1.82) is 0 Å². The summed E-state index contributed by atoms with van der Waals surface area (Å²) in [5, 5.41) is 11.5. The van der Waals surface area contributed by atoms with Gasteiger partial charge in [0.25, 0.3) is 5.91 Å². The van der Waals surface area contributed by atoms with E-state index < -0.39 is 57.1 Å². The number of carbonyl (C=O) groups is 5. The van der Waals surface area contributed by atoms with Crippen LogP contribution in [0.5, 0.6) is 0 Å². The van der Waals surface area contributed by atoms with Crippen LogP contribution in [0.4, 0.5) is 4.79 Å². The van der Waals surface area contributed by atoms with E-state index in [2.05, 4.69) is 41.7 Å². The van der Waals surface area contributed by atoms with Crippen molar-refractivity contribution in [2.75, 3.05) is 24.6 Å². The molecule has 0 aromatic carbocycles. The summed E-state index contributed by atoms with van der Waals surface area (Å²) in [6.45, 7) is 12.2. The molecular formula is C39H63N5O7S. The molecule has 5 fully saturated rings. The van der Waals surface area contributed by atoms with Crippen molar-refractivity contribution in [2.24, 2.45) is 35.0 Å². The molecular weight excluding hydrogens is 683 g/mol. The van der Waals surface area contributed by atoms with Crippen LogP contribution in [0.2, 0.25) is 0 Å². The average molecular weight is 746 g/mol. The zero-order valence-corrected chi connectivity index (χ0v) is 32.7. The molecule has 0 bridgehead atoms. The number of rotatable bonds is 17. The molecule has 5 rings (SSSR count). The fourth-order valence-electron chi connectivity index (χ4n) is 9.29. The summed E-state index contributed by atoms with van der Waals surface area (Å²) in [5.41, 5.74) is -1.09. The van der Waals surface area contributed by atoms with Gasteiger partial charge in [0.1, 0.15) is 12.1 Å². The molecule has 1 saturated heterocycles. The predicted octanol–water partition coefficient (Wildman–Crippen LogP) is 4.04. The van der Waals surface area contributed by atoms with Gasteiger partial charge in [0.2, 0.25) is 17.6 Å². The molecule has 1 heterocycles. The monoisotopic (exact) mass is 745 g/mol. The Kier molecular flexibility index (Phi) is 12.8. The van der Waals surface area contributed by atoms with E-state index in [0.717, 1.165) is 64.2 Å². The quantitative estimate of drug-likeness (QED) is 0.129. The van der Waals surface area contributed by atoms with E-state index >= 15 is 0 Å². The van der Waals surface area contributed by atoms with Crippen LogP contribution in [0.3, 0.4) is 0 Å². The number of Topliss-reactive ketones (excluding diaryl/α,β-unsaturated/α-hetero) is 1. The minimum absolute atomic E-state index is 0.0720. The highest BCUT2D eigenvalue weighted by Crippen LogP contribution is 2.65. The lowest BCUT2D eigenvalue weighted by Crippen LogP contribution is -2.63. The number of fused-ring (bicyclic) bond motifs is 1. The third-order valence-corrected chi connectivity index (χ3v) is 14.5. The van der Waals surface area contributed by atoms with Crippen LogP contribution in [0.25, 0.3) is 0 Å². The van der Waals surface area contributed by atoms with Gasteiger partial charge in [-0.05, 0) is 73.5 Å². The van der Waals surface area contributed by atoms with Crippen molar-refractivity contribution in [2.45, 2.75) is 141 Å². The lowest BCUT2D eigenvalue weighted by Gasteiger charge is -2.40. The number of ketones is 1. The maximum Gasteiger partial charge on any atom is 0.315 e. The molecule has 52 heavy (non-hydrogen) atoms. The highest BCUT2D eigenvalue weighted by atomic mass is 32.2. The smallest absolute Gasteiger partial charge is 0.315 e. The summed E-state index contributed by atoms with van der Waals surface area (Å²) in [6.07, 6.45) is 12.4. The van der Waals surface area contributed by atoms with E-state index in [1.807, 2.05) is 13.8 Å². The third-order valence-electron chi connectivity index (χ3n) is 12.7. The fourth-order valence-corrected chi connectivity index (χ4v) is 11.5. The summed E-state index contributed by atoms with van der Waals surface area (Å²) in [6, 6.07) is -3.27. The zero-order chi connectivity index (χ0) is 37.8. The van der Waals surface area contributed by atoms with Gasteiger partial charge in [0, 0.05) is 13.1 Å². The lowest BCUT2D eigenvalue weighted by atomic mass is 9.82. The van der Waals surface area contributed by atoms with Crippen LogP contribution in [-0.2, 0) is 29.0 Å². The summed E-state index contributed by atoms with van der Waals surface area (Å²) in [4.78, 5) is 70.4. The molecule has 1 aliphatic heterocycles. The number of sulfone groups is 1. The molecule has 292 valence electrons. The molecule has 0 aromatic rings. The van der Waals surface area contributed by atoms with Crippen molar-refractivity contribution >= 4 is 39.4 Å². The third kappa shape index (κ3) is 9.77. The van der Waals surface area contributed by atoms with Gasteiger partial charge in [0.05, 0.1) is 23.1 Å². The Morgan fingerprint density at radius 1 is 0.923 bits per heavy atom. The second-order valence-electron chi connectivity index (χ2n) is 17.6. The highest BCUT2D eigenvalue weighted by Gasteiger charge is 2.70. The van der Waals surface area contributed by atoms with E-state index in [-0.39, 0.29) is 59.0 Å². The molecule has 2 unspecified atom stereocenters. The van der Waals surface area contributed by atoms with Gasteiger partial charge in [-0.15, -0.1) is 6.58 Å². The van der Waals surface area contributed by atoms with E-state index in [9.17, 15) is 32.4 Å². The molecule has 12 nitrogen and oxygen atoms in total. The van der Waals surface area contributed by atoms with Crippen LogP contribution >= 0.6 is 0 Å². The Morgan fingerprint density at radius 3 is 2.19 bits per heavy atom. The SMILES string of the molecule is C=CCNC(=O)C(=O)C(CC1CC1)NC(=O)[C@@H]1[C@@H]2C(CN1C(=O)[C@@H](NC(=O)NC1(CS(=O)(=O)CCC(C)C)CCCCC1)C1CCCCC1)C2(C)C. The largest absolute Gasteiger partial charge is 0.346 e. The Morgan fingerprint density at radius 2 is 1.58 bits per heavy atom. The van der Waals surface area contributed by atoms with Crippen molar-refractivity contribution < 1.29 is 32.4 Å². The van der Waals surface area contributed by atoms with Gasteiger partial charge in [0.15, 0.2) is 9.84 Å². The van der Waals surface area contributed by atoms with E-state index in [1.54, 1.807) is 4.90 Å². The van der Waals surface area contributed by atoms with Gasteiger partial charge in [-0.3, -0.25) is 19.2 Å². The molecule has 4 N–H and O–H groups in total. The standard InChI is InChI=1S/C39H63N5O7S/c1-6-20-40-35(47)33(45)29(22-26-15-16-26)41-34(46)32-30-28(38(30,4)5)23-44(32)36(48)31(27-13-9-7-10-14-27)42-37(49)43-39(18-11-8-12-19-39)24-52(50,51)21-17-25(2)3/h6,25-32H,1,7-24H2,2-5H3,(H,40,47)(H,41,46)(H2,42,43,49)/t28?,29?,30-,31-,32-/m0/s1. The Labute approximate surface area is 310 Å². The van der Waals surface area contributed by atoms with Gasteiger partial charge < -0.3 is 26.2 Å². The molecule has 0 radical (unpaired) electrons. The predicted molar refractivity (Wildman–Crippen MR) is 200 cm³/mol. The normalized spacial score (nSPS) is 26.4. The van der Waals surface area contributed by atoms with Crippen molar-refractivity contribution in [3.05, 3.63) is 12.7 Å². The summed E-state index contributed by atoms with van der Waals surface area (Å²) < 4.78 is 26.6. The molecule has 0 spiro atoms. The van der Waals surface area contributed by atoms with Crippen LogP contribution in [0.15, 0.2) is 12.7 Å². The van der Waals surface area contributed by atoms with Gasteiger partial charge in [-0.2, -0.15) is 0 Å². The first-order chi connectivity index (χ1) is 24.6. The summed E-state index contributed by atoms with van der Waals surface area (Å²) in [7, 11) is -3.43. The second kappa shape index (κ2) is 16.6. The zero-order valence-electron chi connectivity index (χ0n) is 31.8. The Balaban J connectivity index is 1.35. The van der Waals surface area contributed by atoms with Crippen LogP contribution in [-0.4, -0.2) is 91.1 Å². The number of nitrogens with zero attached hydrogens (tertiary/aromatic N) is 1. The number of hydrogen-bond acceptors (Lipinski definition) is 7. The summed E-state index contributed by atoms with van der Waals surface area (Å²) in [5.74, 6) is -1.95. The van der Waals surface area contributed by atoms with E-state index in [1.165, 1.54) is 6.08 Å². The topological polar surface area (TPSA) is 171 Å². The van der Waals surface area contributed by atoms with Gasteiger partial charge in [-0.25, -0.2) is 13.2 Å². The van der Waals surface area contributed by atoms with Crippen LogP contribution in [0.1, 0.15) is 118 Å². The maximum atomic E-state index is 14.7. The number of piperidine rings is 1. The van der Waals surface area contributed by atoms with E-state index in [4.69, 9.17) is 0 Å². The van der Waals surface area contributed by atoms with Crippen molar-refractivity contribution in [1.82, 2.24) is 26.2 Å². The molecule has 0 aromatic heterocycles. The average Bonchev–Trinajstić information content (AvgIpc) is 3.95. The van der Waals surface area contributed by atoms with Crippen LogP contribution < -0.4 is 21.3 Å². The van der Waals surface area contributed by atoms with E-state index in [0.29, 0.717) is 32.2 Å². The van der Waals surface area contributed by atoms with Crippen molar-refractivity contribution in [3.63, 3.8) is 0 Å². The molecule has 4 saturated carbocycles. The number of hydrogen-bond donors (Lipinski definition) is 4. The first-order valence-corrected chi connectivity index (χ1v) is 21.7. The lowest BCUT2D eigenvalue weighted by molar-refractivity contribution is -0.144. The number of amides is 5. The molecule has 5 atom stereocenters. The number of nitrogens with one attached hydrogen (secondary N) is 4. The Bertz CT molecular complexity index is 1460. The number of urea groups is 1. The maximum absolute atomic E-state index is 14.7. The first kappa shape index (κ1) is 40.2. The number of likely N-dealkylation sites (tertiary alicyclic amines) is 1. The Hall–Kier alpha value is -2.96. The first-order valence-electron chi connectivity index (χ1n) is 19.9. The highest BCUT2D eigenvalue weighted by molar-refractivity contribution is 7.91. The molecule has 5 amide bonds. The van der Waals surface area contributed by atoms with Crippen molar-refractivity contribution in [3.8, 4) is 0 Å². The van der Waals surface area contributed by atoms with Gasteiger partial charge in [-0.1, -0.05) is 85.1 Å². The van der Waals surface area contributed by atoms with Gasteiger partial charge >= 0.3 is 6.03 Å². The minimum atomic E-state index is -3.43. The molecule has 5 aliphatic rings. The van der Waals surface area contributed by atoms with Crippen LogP contribution in [0, 0.1) is 35.0 Å². The number of carbonyl (C=O) groups excluding carboxylic acids is 5. The summed E-state index contributed by atoms with van der Waals surface area (Å²) >= 11 is 0.